The van der Waals surface area contributed by atoms with Crippen molar-refractivity contribution in [2.75, 3.05) is 0 Å². The Kier molecular flexibility index (Phi) is 6.34. The summed E-state index contributed by atoms with van der Waals surface area (Å²) in [6, 6.07) is 5.17. The maximum Gasteiger partial charge on any atom is 0.298 e. The van der Waals surface area contributed by atoms with Gasteiger partial charge in [0.2, 0.25) is 5.89 Å². The summed E-state index contributed by atoms with van der Waals surface area (Å²) in [5.41, 5.74) is 6.00. The highest BCUT2D eigenvalue weighted by Gasteiger charge is 2.22. The van der Waals surface area contributed by atoms with Crippen LogP contribution in [0.2, 0.25) is 5.02 Å². The second-order valence-corrected chi connectivity index (χ2v) is 8.94. The van der Waals surface area contributed by atoms with Crippen LogP contribution in [0.15, 0.2) is 39.0 Å². The first-order chi connectivity index (χ1) is 13.6. The molecule has 2 aromatic heterocycles. The number of ketones is 1. The molecule has 4 N–H and O–H groups in total. The molecule has 0 unspecified atom stereocenters. The van der Waals surface area contributed by atoms with Crippen molar-refractivity contribution in [1.29, 1.82) is 0 Å². The third-order valence-corrected chi connectivity index (χ3v) is 5.95. The number of benzene rings is 1. The quantitative estimate of drug-likeness (QED) is 0.432. The Balaban J connectivity index is 1.64. The maximum absolute atomic E-state index is 12.3. The highest BCUT2D eigenvalue weighted by Crippen LogP contribution is 2.31. The van der Waals surface area contributed by atoms with Gasteiger partial charge in [-0.15, -0.1) is 21.5 Å². The molecule has 29 heavy (non-hydrogen) atoms. The molecule has 1 atom stereocenters. The van der Waals surface area contributed by atoms with Crippen molar-refractivity contribution in [1.82, 2.24) is 10.2 Å². The zero-order valence-corrected chi connectivity index (χ0v) is 17.2. The van der Waals surface area contributed by atoms with Gasteiger partial charge in [0.15, 0.2) is 0 Å². The number of halogens is 1. The van der Waals surface area contributed by atoms with Gasteiger partial charge in [0.25, 0.3) is 16.0 Å². The van der Waals surface area contributed by atoms with Crippen LogP contribution in [-0.4, -0.2) is 34.1 Å². The molecule has 0 saturated carbocycles. The summed E-state index contributed by atoms with van der Waals surface area (Å²) in [6.07, 6.45) is -0.0612. The number of thiophene rings is 1. The molecule has 12 heteroatoms. The van der Waals surface area contributed by atoms with E-state index in [1.165, 1.54) is 17.4 Å². The molecular formula is C17H16ClN3O6S2. The van der Waals surface area contributed by atoms with Crippen molar-refractivity contribution >= 4 is 38.8 Å². The second kappa shape index (κ2) is 8.59. The van der Waals surface area contributed by atoms with Gasteiger partial charge in [0.1, 0.15) is 16.4 Å². The Labute approximate surface area is 174 Å². The van der Waals surface area contributed by atoms with E-state index < -0.39 is 26.8 Å². The molecule has 0 aliphatic carbocycles. The fourth-order valence-electron chi connectivity index (χ4n) is 2.58. The summed E-state index contributed by atoms with van der Waals surface area (Å²) in [5, 5.41) is 19.7. The number of nitrogens with zero attached hydrogens (tertiary/aromatic N) is 2. The SMILES string of the molecule is N[C@@H](CCC(=O)Cc1cc(Cl)cc(S(=O)(=O)O)c1O)c1nnc(-c2cccs2)o1. The monoisotopic (exact) mass is 457 g/mol. The van der Waals surface area contributed by atoms with Crippen LogP contribution in [-0.2, 0) is 21.3 Å². The van der Waals surface area contributed by atoms with E-state index in [2.05, 4.69) is 10.2 Å². The average Bonchev–Trinajstić information content (AvgIpc) is 3.32. The highest BCUT2D eigenvalue weighted by atomic mass is 35.5. The van der Waals surface area contributed by atoms with Gasteiger partial charge in [-0.05, 0) is 30.0 Å². The van der Waals surface area contributed by atoms with Gasteiger partial charge in [-0.2, -0.15) is 8.42 Å². The molecule has 0 aliphatic rings. The Hall–Kier alpha value is -2.31. The van der Waals surface area contributed by atoms with Crippen LogP contribution in [0.25, 0.3) is 10.8 Å². The minimum absolute atomic E-state index is 0.0125. The Morgan fingerprint density at radius 2 is 2.10 bits per heavy atom. The van der Waals surface area contributed by atoms with Crippen molar-refractivity contribution in [2.24, 2.45) is 5.73 Å². The summed E-state index contributed by atoms with van der Waals surface area (Å²) in [7, 11) is -4.68. The smallest absolute Gasteiger partial charge is 0.298 e. The molecule has 0 saturated heterocycles. The van der Waals surface area contributed by atoms with E-state index in [0.717, 1.165) is 10.9 Å². The van der Waals surface area contributed by atoms with Gasteiger partial charge in [0, 0.05) is 23.4 Å². The predicted octanol–water partition coefficient (Wildman–Crippen LogP) is 3.00. The lowest BCUT2D eigenvalue weighted by molar-refractivity contribution is -0.118. The largest absolute Gasteiger partial charge is 0.506 e. The number of carbonyl (C=O) groups excluding carboxylic acids is 1. The molecule has 0 radical (unpaired) electrons. The number of hydrogen-bond acceptors (Lipinski definition) is 9. The van der Waals surface area contributed by atoms with Gasteiger partial charge in [-0.25, -0.2) is 0 Å². The molecule has 0 amide bonds. The molecule has 3 rings (SSSR count). The second-order valence-electron chi connectivity index (χ2n) is 6.17. The number of phenols is 1. The van der Waals surface area contributed by atoms with Gasteiger partial charge in [-0.1, -0.05) is 17.7 Å². The number of rotatable bonds is 8. The van der Waals surface area contributed by atoms with E-state index in [1.54, 1.807) is 0 Å². The van der Waals surface area contributed by atoms with Crippen molar-refractivity contribution in [3.8, 4) is 16.5 Å². The lowest BCUT2D eigenvalue weighted by Crippen LogP contribution is -2.14. The van der Waals surface area contributed by atoms with Crippen LogP contribution in [0.5, 0.6) is 5.75 Å². The third kappa shape index (κ3) is 5.19. The van der Waals surface area contributed by atoms with Crippen LogP contribution in [0.4, 0.5) is 0 Å². The normalized spacial score (nSPS) is 12.8. The van der Waals surface area contributed by atoms with E-state index in [4.69, 9.17) is 26.3 Å². The van der Waals surface area contributed by atoms with Crippen molar-refractivity contribution < 1.29 is 27.3 Å². The molecule has 0 fully saturated rings. The molecule has 1 aromatic carbocycles. The number of phenolic OH excluding ortho intramolecular Hbond substituents is 1. The first-order valence-electron chi connectivity index (χ1n) is 8.28. The predicted molar refractivity (Wildman–Crippen MR) is 105 cm³/mol. The number of hydrogen-bond donors (Lipinski definition) is 3. The Morgan fingerprint density at radius 3 is 2.76 bits per heavy atom. The minimum Gasteiger partial charge on any atom is -0.506 e. The Bertz CT molecular complexity index is 1130. The zero-order valence-electron chi connectivity index (χ0n) is 14.8. The number of aromatic nitrogens is 2. The number of nitrogens with two attached hydrogens (primary N) is 1. The molecule has 0 bridgehead atoms. The topological polar surface area (TPSA) is 157 Å². The van der Waals surface area contributed by atoms with E-state index >= 15 is 0 Å². The van der Waals surface area contributed by atoms with Crippen LogP contribution in [0.3, 0.4) is 0 Å². The average molecular weight is 458 g/mol. The highest BCUT2D eigenvalue weighted by molar-refractivity contribution is 7.86. The van der Waals surface area contributed by atoms with E-state index in [1.807, 2.05) is 17.5 Å². The fraction of sp³-hybridized carbons (Fsp3) is 0.235. The molecule has 2 heterocycles. The first kappa shape index (κ1) is 21.4. The number of carbonyl (C=O) groups is 1. The number of aromatic hydroxyl groups is 1. The van der Waals surface area contributed by atoms with Crippen LogP contribution < -0.4 is 5.73 Å². The molecule has 0 aliphatic heterocycles. The van der Waals surface area contributed by atoms with Gasteiger partial charge in [-0.3, -0.25) is 9.35 Å². The third-order valence-electron chi connectivity index (χ3n) is 4.01. The summed E-state index contributed by atoms with van der Waals surface area (Å²) >= 11 is 7.26. The molecule has 3 aromatic rings. The molecule has 9 nitrogen and oxygen atoms in total. The number of Topliss-reactive ketones (excluding diaryl/α,β-unsaturated/α-hetero) is 1. The summed E-state index contributed by atoms with van der Waals surface area (Å²) in [5.74, 6) is -0.497. The van der Waals surface area contributed by atoms with Crippen LogP contribution >= 0.6 is 22.9 Å². The summed E-state index contributed by atoms with van der Waals surface area (Å²) < 4.78 is 37.3. The van der Waals surface area contributed by atoms with Crippen LogP contribution in [0.1, 0.15) is 30.3 Å². The molecule has 154 valence electrons. The van der Waals surface area contributed by atoms with Crippen molar-refractivity contribution in [3.05, 3.63) is 46.1 Å². The summed E-state index contributed by atoms with van der Waals surface area (Å²) in [4.78, 5) is 12.3. The van der Waals surface area contributed by atoms with Crippen molar-refractivity contribution in [2.45, 2.75) is 30.2 Å². The fourth-order valence-corrected chi connectivity index (χ4v) is 4.19. The van der Waals surface area contributed by atoms with Crippen molar-refractivity contribution in [3.63, 3.8) is 0 Å². The van der Waals surface area contributed by atoms with Crippen LogP contribution in [0, 0.1) is 0 Å². The molecule has 0 spiro atoms. The first-order valence-corrected chi connectivity index (χ1v) is 11.0. The standard InChI is InChI=1S/C17H16ClN3O6S2/c18-10-6-9(15(23)14(8-10)29(24,25)26)7-11(22)3-4-12(19)16-20-21-17(27-16)13-2-1-5-28-13/h1-2,5-6,8,12,23H,3-4,7,19H2,(H,24,25,26)/t12-/m0/s1. The van der Waals surface area contributed by atoms with Gasteiger partial charge >= 0.3 is 0 Å². The lowest BCUT2D eigenvalue weighted by atomic mass is 10.0. The van der Waals surface area contributed by atoms with E-state index in [0.29, 0.717) is 5.89 Å². The minimum atomic E-state index is -4.68. The molecular weight excluding hydrogens is 442 g/mol. The van der Waals surface area contributed by atoms with Gasteiger partial charge < -0.3 is 15.3 Å². The zero-order chi connectivity index (χ0) is 21.2. The lowest BCUT2D eigenvalue weighted by Gasteiger charge is -2.10. The maximum atomic E-state index is 12.3. The Morgan fingerprint density at radius 1 is 1.34 bits per heavy atom. The van der Waals surface area contributed by atoms with E-state index in [9.17, 15) is 18.3 Å². The summed E-state index contributed by atoms with van der Waals surface area (Å²) in [6.45, 7) is 0. The van der Waals surface area contributed by atoms with E-state index in [-0.39, 0.29) is 41.5 Å². The van der Waals surface area contributed by atoms with Gasteiger partial charge in [0.05, 0.1) is 10.9 Å².